The number of halogens is 1. The zero-order valence-electron chi connectivity index (χ0n) is 16.8. The molecule has 2 saturated heterocycles. The van der Waals surface area contributed by atoms with Crippen LogP contribution in [0.3, 0.4) is 0 Å². The summed E-state index contributed by atoms with van der Waals surface area (Å²) in [5.74, 6) is 0.813. The van der Waals surface area contributed by atoms with Crippen LogP contribution in [0.5, 0.6) is 11.5 Å². The first-order chi connectivity index (χ1) is 14.5. The average molecular weight is 428 g/mol. The molecule has 0 saturated carbocycles. The van der Waals surface area contributed by atoms with Crippen LogP contribution in [0.25, 0.3) is 6.08 Å². The highest BCUT2D eigenvalue weighted by molar-refractivity contribution is 6.32. The molecule has 4 rings (SSSR count). The summed E-state index contributed by atoms with van der Waals surface area (Å²) < 4.78 is 11.2. The number of imide groups is 1. The van der Waals surface area contributed by atoms with E-state index in [2.05, 4.69) is 10.2 Å². The summed E-state index contributed by atoms with van der Waals surface area (Å²) in [6, 6.07) is 9.78. The van der Waals surface area contributed by atoms with Crippen LogP contribution in [0.1, 0.15) is 18.4 Å². The highest BCUT2D eigenvalue weighted by atomic mass is 35.5. The lowest BCUT2D eigenvalue weighted by Gasteiger charge is -2.22. The number of benzene rings is 2. The van der Waals surface area contributed by atoms with Crippen molar-refractivity contribution in [1.82, 2.24) is 5.32 Å². The van der Waals surface area contributed by atoms with E-state index in [9.17, 15) is 9.59 Å². The predicted molar refractivity (Wildman–Crippen MR) is 116 cm³/mol. The van der Waals surface area contributed by atoms with Gasteiger partial charge in [0.05, 0.1) is 25.6 Å². The number of carbonyl (C=O) groups excluding carboxylic acids is 2. The molecule has 156 valence electrons. The molecule has 3 amide bonds. The maximum Gasteiger partial charge on any atom is 0.333 e. The number of nitrogens with zero attached hydrogens (tertiary/aromatic N) is 2. The second-order valence-corrected chi connectivity index (χ2v) is 7.51. The first-order valence-electron chi connectivity index (χ1n) is 9.65. The molecule has 0 bridgehead atoms. The highest BCUT2D eigenvalue weighted by Gasteiger charge is 2.35. The van der Waals surface area contributed by atoms with Crippen LogP contribution in [-0.2, 0) is 4.79 Å². The van der Waals surface area contributed by atoms with Gasteiger partial charge in [0.15, 0.2) is 0 Å². The molecule has 2 aromatic rings. The largest absolute Gasteiger partial charge is 0.496 e. The Hall–Kier alpha value is -3.19. The third-order valence-corrected chi connectivity index (χ3v) is 5.46. The fourth-order valence-electron chi connectivity index (χ4n) is 3.76. The summed E-state index contributed by atoms with van der Waals surface area (Å²) in [5, 5.41) is 3.07. The van der Waals surface area contributed by atoms with Crippen LogP contribution < -0.4 is 24.6 Å². The summed E-state index contributed by atoms with van der Waals surface area (Å²) in [5.41, 5.74) is 2.14. The first kappa shape index (κ1) is 20.1. The standard InChI is InChI=1S/C22H22ClN3O4/c1-29-19-13-18(25-8-3-4-9-25)20(30-2)11-14(19)10-17-21(27)26(22(28)24-17)16-7-5-6-15(23)12-16/h5-7,10-13H,3-4,8-9H2,1-2H3,(H,24,28)/b17-10-. The summed E-state index contributed by atoms with van der Waals surface area (Å²) in [7, 11) is 3.19. The van der Waals surface area contributed by atoms with Gasteiger partial charge in [-0.05, 0) is 43.2 Å². The minimum atomic E-state index is -0.534. The molecule has 0 spiro atoms. The molecule has 2 fully saturated rings. The number of anilines is 2. The van der Waals surface area contributed by atoms with E-state index >= 15 is 0 Å². The second-order valence-electron chi connectivity index (χ2n) is 7.07. The smallest absolute Gasteiger partial charge is 0.333 e. The third-order valence-electron chi connectivity index (χ3n) is 5.22. The van der Waals surface area contributed by atoms with Gasteiger partial charge in [-0.2, -0.15) is 0 Å². The number of amides is 3. The zero-order chi connectivity index (χ0) is 21.3. The quantitative estimate of drug-likeness (QED) is 0.575. The van der Waals surface area contributed by atoms with Crippen molar-refractivity contribution in [1.29, 1.82) is 0 Å². The van der Waals surface area contributed by atoms with Crippen LogP contribution in [0.4, 0.5) is 16.2 Å². The van der Waals surface area contributed by atoms with Crippen LogP contribution in [-0.4, -0.2) is 39.2 Å². The Kier molecular flexibility index (Phi) is 5.55. The van der Waals surface area contributed by atoms with Crippen molar-refractivity contribution < 1.29 is 19.1 Å². The molecule has 2 aromatic carbocycles. The summed E-state index contributed by atoms with van der Waals surface area (Å²) in [6.07, 6.45) is 3.87. The molecule has 2 aliphatic heterocycles. The lowest BCUT2D eigenvalue weighted by molar-refractivity contribution is -0.113. The number of hydrogen-bond donors (Lipinski definition) is 1. The molecular formula is C22H22ClN3O4. The van der Waals surface area contributed by atoms with E-state index in [1.807, 2.05) is 12.1 Å². The van der Waals surface area contributed by atoms with E-state index < -0.39 is 11.9 Å². The Morgan fingerprint density at radius 1 is 1.03 bits per heavy atom. The van der Waals surface area contributed by atoms with Crippen molar-refractivity contribution in [3.63, 3.8) is 0 Å². The van der Waals surface area contributed by atoms with E-state index in [1.54, 1.807) is 44.6 Å². The van der Waals surface area contributed by atoms with Gasteiger partial charge in [0.1, 0.15) is 17.2 Å². The SMILES string of the molecule is COc1cc(N2CCCC2)c(OC)cc1/C=C1\NC(=O)N(c2cccc(Cl)c2)C1=O. The van der Waals surface area contributed by atoms with Gasteiger partial charge < -0.3 is 19.7 Å². The molecule has 0 atom stereocenters. The zero-order valence-corrected chi connectivity index (χ0v) is 17.5. The molecule has 30 heavy (non-hydrogen) atoms. The van der Waals surface area contributed by atoms with E-state index in [-0.39, 0.29) is 5.70 Å². The van der Waals surface area contributed by atoms with E-state index in [4.69, 9.17) is 21.1 Å². The van der Waals surface area contributed by atoms with Crippen LogP contribution in [0.15, 0.2) is 42.1 Å². The average Bonchev–Trinajstić information content (AvgIpc) is 3.36. The summed E-state index contributed by atoms with van der Waals surface area (Å²) in [4.78, 5) is 28.7. The minimum absolute atomic E-state index is 0.147. The Morgan fingerprint density at radius 3 is 2.43 bits per heavy atom. The molecule has 0 radical (unpaired) electrons. The van der Waals surface area contributed by atoms with Gasteiger partial charge in [0.25, 0.3) is 5.91 Å². The Labute approximate surface area is 179 Å². The highest BCUT2D eigenvalue weighted by Crippen LogP contribution is 2.38. The number of rotatable bonds is 5. The molecule has 0 aliphatic carbocycles. The first-order valence-corrected chi connectivity index (χ1v) is 10.0. The number of carbonyl (C=O) groups is 2. The molecule has 1 N–H and O–H groups in total. The third kappa shape index (κ3) is 3.68. The maximum absolute atomic E-state index is 12.9. The van der Waals surface area contributed by atoms with Crippen molar-refractivity contribution in [3.8, 4) is 11.5 Å². The molecule has 2 heterocycles. The number of hydrogen-bond acceptors (Lipinski definition) is 5. The van der Waals surface area contributed by atoms with Crippen molar-refractivity contribution in [3.05, 3.63) is 52.7 Å². The number of nitrogens with one attached hydrogen (secondary N) is 1. The molecule has 8 heteroatoms. The Balaban J connectivity index is 1.70. The predicted octanol–water partition coefficient (Wildman–Crippen LogP) is 4.05. The fourth-order valence-corrected chi connectivity index (χ4v) is 3.95. The van der Waals surface area contributed by atoms with E-state index in [1.165, 1.54) is 0 Å². The van der Waals surface area contributed by atoms with Crippen molar-refractivity contribution >= 4 is 41.0 Å². The number of methoxy groups -OCH3 is 2. The molecule has 0 aromatic heterocycles. The number of ether oxygens (including phenoxy) is 2. The molecule has 7 nitrogen and oxygen atoms in total. The molecular weight excluding hydrogens is 406 g/mol. The van der Waals surface area contributed by atoms with Gasteiger partial charge in [0.2, 0.25) is 0 Å². The Bertz CT molecular complexity index is 1030. The van der Waals surface area contributed by atoms with Crippen molar-refractivity contribution in [2.24, 2.45) is 0 Å². The van der Waals surface area contributed by atoms with Gasteiger partial charge in [-0.25, -0.2) is 9.69 Å². The topological polar surface area (TPSA) is 71.1 Å². The lowest BCUT2D eigenvalue weighted by Crippen LogP contribution is -2.30. The van der Waals surface area contributed by atoms with Gasteiger partial charge in [-0.15, -0.1) is 0 Å². The molecule has 0 unspecified atom stereocenters. The number of urea groups is 1. The maximum atomic E-state index is 12.9. The van der Waals surface area contributed by atoms with Crippen LogP contribution in [0.2, 0.25) is 5.02 Å². The van der Waals surface area contributed by atoms with Crippen LogP contribution in [0, 0.1) is 0 Å². The van der Waals surface area contributed by atoms with E-state index in [0.717, 1.165) is 36.5 Å². The monoisotopic (exact) mass is 427 g/mol. The van der Waals surface area contributed by atoms with Gasteiger partial charge in [0, 0.05) is 29.7 Å². The van der Waals surface area contributed by atoms with Crippen LogP contribution >= 0.6 is 11.6 Å². The van der Waals surface area contributed by atoms with Gasteiger partial charge in [-0.3, -0.25) is 4.79 Å². The van der Waals surface area contributed by atoms with Crippen molar-refractivity contribution in [2.75, 3.05) is 37.1 Å². The van der Waals surface area contributed by atoms with E-state index in [0.29, 0.717) is 27.8 Å². The minimum Gasteiger partial charge on any atom is -0.496 e. The summed E-state index contributed by atoms with van der Waals surface area (Å²) in [6.45, 7) is 1.92. The second kappa shape index (κ2) is 8.28. The summed E-state index contributed by atoms with van der Waals surface area (Å²) >= 11 is 6.01. The van der Waals surface area contributed by atoms with Gasteiger partial charge >= 0.3 is 6.03 Å². The fraction of sp³-hybridized carbons (Fsp3) is 0.273. The van der Waals surface area contributed by atoms with Gasteiger partial charge in [-0.1, -0.05) is 17.7 Å². The normalized spacial score (nSPS) is 17.6. The van der Waals surface area contributed by atoms with Crippen molar-refractivity contribution in [2.45, 2.75) is 12.8 Å². The Morgan fingerprint density at radius 2 is 1.77 bits per heavy atom. The molecule has 2 aliphatic rings. The lowest BCUT2D eigenvalue weighted by atomic mass is 10.1.